The first kappa shape index (κ1) is 21.5. The SMILES string of the molecule is CCCCOC(=O)c1ccc(NC(=O)[C@@H](CC)Oc2ccc(CC)cc2)cc1. The van der Waals surface area contributed by atoms with Gasteiger partial charge in [-0.3, -0.25) is 4.79 Å². The van der Waals surface area contributed by atoms with E-state index in [-0.39, 0.29) is 11.9 Å². The van der Waals surface area contributed by atoms with E-state index in [1.54, 1.807) is 24.3 Å². The van der Waals surface area contributed by atoms with Crippen LogP contribution in [0.4, 0.5) is 5.69 Å². The summed E-state index contributed by atoms with van der Waals surface area (Å²) in [4.78, 5) is 24.5. The molecule has 0 saturated carbocycles. The summed E-state index contributed by atoms with van der Waals surface area (Å²) in [5, 5.41) is 2.84. The van der Waals surface area contributed by atoms with Crippen molar-refractivity contribution in [2.75, 3.05) is 11.9 Å². The molecule has 0 radical (unpaired) electrons. The zero-order valence-corrected chi connectivity index (χ0v) is 16.9. The van der Waals surface area contributed by atoms with Crippen LogP contribution in [0.5, 0.6) is 5.75 Å². The van der Waals surface area contributed by atoms with Crippen molar-refractivity contribution in [1.82, 2.24) is 0 Å². The van der Waals surface area contributed by atoms with E-state index in [1.165, 1.54) is 5.56 Å². The Morgan fingerprint density at radius 3 is 2.21 bits per heavy atom. The molecule has 2 rings (SSSR count). The van der Waals surface area contributed by atoms with Crippen molar-refractivity contribution in [2.45, 2.75) is 52.6 Å². The van der Waals surface area contributed by atoms with E-state index in [9.17, 15) is 9.59 Å². The standard InChI is InChI=1S/C23H29NO4/c1-4-7-16-27-23(26)18-10-12-19(13-11-18)24-22(25)21(6-3)28-20-14-8-17(5-2)9-15-20/h8-15,21H,4-7,16H2,1-3H3,(H,24,25)/t21-/m1/s1. The molecule has 0 aliphatic heterocycles. The van der Waals surface area contributed by atoms with Gasteiger partial charge in [-0.2, -0.15) is 0 Å². The van der Waals surface area contributed by atoms with Gasteiger partial charge in [-0.05, 0) is 61.2 Å². The molecular weight excluding hydrogens is 354 g/mol. The maximum Gasteiger partial charge on any atom is 0.338 e. The van der Waals surface area contributed by atoms with Gasteiger partial charge in [-0.15, -0.1) is 0 Å². The maximum atomic E-state index is 12.5. The highest BCUT2D eigenvalue weighted by Crippen LogP contribution is 2.17. The van der Waals surface area contributed by atoms with Gasteiger partial charge in [0.05, 0.1) is 12.2 Å². The molecule has 1 atom stereocenters. The Balaban J connectivity index is 1.93. The molecule has 2 aromatic carbocycles. The molecule has 0 bridgehead atoms. The molecule has 5 nitrogen and oxygen atoms in total. The number of hydrogen-bond donors (Lipinski definition) is 1. The third-order valence-corrected chi connectivity index (χ3v) is 4.39. The summed E-state index contributed by atoms with van der Waals surface area (Å²) in [5.74, 6) is 0.0985. The molecule has 0 heterocycles. The number of nitrogens with one attached hydrogen (secondary N) is 1. The van der Waals surface area contributed by atoms with Crippen LogP contribution in [0.25, 0.3) is 0 Å². The van der Waals surface area contributed by atoms with Gasteiger partial charge in [0.25, 0.3) is 5.91 Å². The first-order valence-electron chi connectivity index (χ1n) is 9.91. The molecule has 0 fully saturated rings. The molecular formula is C23H29NO4. The number of unbranched alkanes of at least 4 members (excludes halogenated alkanes) is 1. The average Bonchev–Trinajstić information content (AvgIpc) is 2.73. The topological polar surface area (TPSA) is 64.6 Å². The zero-order chi connectivity index (χ0) is 20.4. The lowest BCUT2D eigenvalue weighted by atomic mass is 10.1. The average molecular weight is 383 g/mol. The molecule has 28 heavy (non-hydrogen) atoms. The van der Waals surface area contributed by atoms with Gasteiger partial charge in [0.2, 0.25) is 0 Å². The van der Waals surface area contributed by atoms with Crippen molar-refractivity contribution in [2.24, 2.45) is 0 Å². The molecule has 0 aliphatic rings. The lowest BCUT2D eigenvalue weighted by Crippen LogP contribution is -2.32. The molecule has 150 valence electrons. The number of rotatable bonds is 10. The van der Waals surface area contributed by atoms with E-state index in [0.29, 0.717) is 30.0 Å². The van der Waals surface area contributed by atoms with E-state index in [4.69, 9.17) is 9.47 Å². The minimum absolute atomic E-state index is 0.222. The Bertz CT molecular complexity index is 753. The van der Waals surface area contributed by atoms with Crippen LogP contribution >= 0.6 is 0 Å². The molecule has 0 spiro atoms. The van der Waals surface area contributed by atoms with Crippen LogP contribution in [0, 0.1) is 0 Å². The molecule has 0 unspecified atom stereocenters. The third kappa shape index (κ3) is 6.41. The van der Waals surface area contributed by atoms with Crippen LogP contribution in [-0.4, -0.2) is 24.6 Å². The van der Waals surface area contributed by atoms with E-state index in [1.807, 2.05) is 38.1 Å². The summed E-state index contributed by atoms with van der Waals surface area (Å²) in [6, 6.07) is 14.4. The minimum Gasteiger partial charge on any atom is -0.481 e. The minimum atomic E-state index is -0.592. The predicted molar refractivity (Wildman–Crippen MR) is 111 cm³/mol. The number of anilines is 1. The van der Waals surface area contributed by atoms with Crippen molar-refractivity contribution in [3.05, 3.63) is 59.7 Å². The van der Waals surface area contributed by atoms with Gasteiger partial charge in [0.1, 0.15) is 5.75 Å². The Morgan fingerprint density at radius 2 is 1.64 bits per heavy atom. The zero-order valence-electron chi connectivity index (χ0n) is 16.9. The van der Waals surface area contributed by atoms with Crippen molar-refractivity contribution in [3.63, 3.8) is 0 Å². The number of amides is 1. The van der Waals surface area contributed by atoms with Gasteiger partial charge in [0, 0.05) is 5.69 Å². The van der Waals surface area contributed by atoms with E-state index in [0.717, 1.165) is 19.3 Å². The van der Waals surface area contributed by atoms with Gasteiger partial charge in [-0.1, -0.05) is 39.3 Å². The number of hydrogen-bond acceptors (Lipinski definition) is 4. The van der Waals surface area contributed by atoms with E-state index >= 15 is 0 Å². The van der Waals surface area contributed by atoms with Gasteiger partial charge in [-0.25, -0.2) is 4.79 Å². The molecule has 1 amide bonds. The third-order valence-electron chi connectivity index (χ3n) is 4.39. The molecule has 0 aliphatic carbocycles. The van der Waals surface area contributed by atoms with Crippen LogP contribution in [0.2, 0.25) is 0 Å². The van der Waals surface area contributed by atoms with Crippen LogP contribution in [-0.2, 0) is 16.0 Å². The van der Waals surface area contributed by atoms with E-state index in [2.05, 4.69) is 12.2 Å². The highest BCUT2D eigenvalue weighted by atomic mass is 16.5. The second kappa shape index (κ2) is 11.1. The lowest BCUT2D eigenvalue weighted by Gasteiger charge is -2.17. The van der Waals surface area contributed by atoms with Crippen LogP contribution < -0.4 is 10.1 Å². The number of esters is 1. The number of aryl methyl sites for hydroxylation is 1. The summed E-state index contributed by atoms with van der Waals surface area (Å²) >= 11 is 0. The fourth-order valence-corrected chi connectivity index (χ4v) is 2.60. The maximum absolute atomic E-state index is 12.5. The highest BCUT2D eigenvalue weighted by Gasteiger charge is 2.19. The largest absolute Gasteiger partial charge is 0.481 e. The van der Waals surface area contributed by atoms with Crippen LogP contribution in [0.1, 0.15) is 56.0 Å². The normalized spacial score (nSPS) is 11.5. The predicted octanol–water partition coefficient (Wildman–Crippen LogP) is 5.00. The molecule has 5 heteroatoms. The number of carbonyl (C=O) groups excluding carboxylic acids is 2. The fourth-order valence-electron chi connectivity index (χ4n) is 2.60. The summed E-state index contributed by atoms with van der Waals surface area (Å²) in [7, 11) is 0. The second-order valence-electron chi connectivity index (χ2n) is 6.57. The Morgan fingerprint density at radius 1 is 0.964 bits per heavy atom. The molecule has 0 aromatic heterocycles. The van der Waals surface area contributed by atoms with Crippen molar-refractivity contribution in [1.29, 1.82) is 0 Å². The first-order chi connectivity index (χ1) is 13.6. The van der Waals surface area contributed by atoms with Crippen molar-refractivity contribution < 1.29 is 19.1 Å². The Hall–Kier alpha value is -2.82. The van der Waals surface area contributed by atoms with Crippen LogP contribution in [0.3, 0.4) is 0 Å². The summed E-state index contributed by atoms with van der Waals surface area (Å²) in [6.07, 6.45) is 2.73. The number of benzene rings is 2. The quantitative estimate of drug-likeness (QED) is 0.463. The summed E-state index contributed by atoms with van der Waals surface area (Å²) in [5.41, 5.74) is 2.30. The first-order valence-corrected chi connectivity index (χ1v) is 9.91. The second-order valence-corrected chi connectivity index (χ2v) is 6.57. The lowest BCUT2D eigenvalue weighted by molar-refractivity contribution is -0.122. The van der Waals surface area contributed by atoms with Crippen LogP contribution in [0.15, 0.2) is 48.5 Å². The molecule has 2 aromatic rings. The van der Waals surface area contributed by atoms with E-state index < -0.39 is 6.10 Å². The molecule has 1 N–H and O–H groups in total. The van der Waals surface area contributed by atoms with Gasteiger partial charge >= 0.3 is 5.97 Å². The Kier molecular flexibility index (Phi) is 8.53. The highest BCUT2D eigenvalue weighted by molar-refractivity contribution is 5.95. The number of ether oxygens (including phenoxy) is 2. The van der Waals surface area contributed by atoms with Crippen molar-refractivity contribution >= 4 is 17.6 Å². The molecule has 0 saturated heterocycles. The fraction of sp³-hybridized carbons (Fsp3) is 0.391. The number of carbonyl (C=O) groups is 2. The summed E-state index contributed by atoms with van der Waals surface area (Å²) in [6.45, 7) is 6.45. The van der Waals surface area contributed by atoms with Crippen molar-refractivity contribution in [3.8, 4) is 5.75 Å². The smallest absolute Gasteiger partial charge is 0.338 e. The van der Waals surface area contributed by atoms with Gasteiger partial charge in [0.15, 0.2) is 6.10 Å². The Labute approximate surface area is 167 Å². The van der Waals surface area contributed by atoms with Gasteiger partial charge < -0.3 is 14.8 Å². The summed E-state index contributed by atoms with van der Waals surface area (Å²) < 4.78 is 11.0. The monoisotopic (exact) mass is 383 g/mol.